The molecule has 0 saturated carbocycles. The molecule has 0 unspecified atom stereocenters. The van der Waals surface area contributed by atoms with Crippen molar-refractivity contribution < 1.29 is 13.2 Å². The third-order valence-corrected chi connectivity index (χ3v) is 8.15. The van der Waals surface area contributed by atoms with E-state index in [1.54, 1.807) is 12.1 Å². The average Bonchev–Trinajstić information content (AvgIpc) is 2.94. The summed E-state index contributed by atoms with van der Waals surface area (Å²) in [6, 6.07) is 7.44. The Kier molecular flexibility index (Phi) is 9.97. The van der Waals surface area contributed by atoms with E-state index in [2.05, 4.69) is 31.0 Å². The molecule has 2 rings (SSSR count). The quantitative estimate of drug-likeness (QED) is 0.493. The highest BCUT2D eigenvalue weighted by Crippen LogP contribution is 2.29. The summed E-state index contributed by atoms with van der Waals surface area (Å²) in [7, 11) is -3.19. The predicted molar refractivity (Wildman–Crippen MR) is 127 cm³/mol. The molecular weight excluding hydrogens is 410 g/mol. The topological polar surface area (TPSA) is 69.7 Å². The number of hydrogen-bond donors (Lipinski definition) is 1. The Balaban J connectivity index is 1.99. The van der Waals surface area contributed by atoms with Crippen LogP contribution in [0, 0.1) is 0 Å². The van der Waals surface area contributed by atoms with E-state index < -0.39 is 9.84 Å². The molecule has 1 N–H and O–H groups in total. The molecule has 1 fully saturated rings. The minimum Gasteiger partial charge on any atom is -0.341 e. The Bertz CT molecular complexity index is 791. The third kappa shape index (κ3) is 7.29. The number of sulfone groups is 1. The molecule has 1 amide bonds. The molecule has 176 valence electrons. The number of unbranched alkanes of at least 4 members (excludes halogenated alkanes) is 1. The van der Waals surface area contributed by atoms with Crippen LogP contribution < -0.4 is 5.32 Å². The molecule has 0 bridgehead atoms. The van der Waals surface area contributed by atoms with E-state index in [0.29, 0.717) is 17.7 Å². The van der Waals surface area contributed by atoms with Crippen LogP contribution in [-0.4, -0.2) is 69.1 Å². The third-order valence-electron chi connectivity index (χ3n) is 6.21. The van der Waals surface area contributed by atoms with Crippen LogP contribution in [-0.2, 0) is 20.2 Å². The van der Waals surface area contributed by atoms with Crippen molar-refractivity contribution in [2.75, 3.05) is 45.0 Å². The van der Waals surface area contributed by atoms with Crippen molar-refractivity contribution in [2.24, 2.45) is 0 Å². The summed E-state index contributed by atoms with van der Waals surface area (Å²) >= 11 is 0. The van der Waals surface area contributed by atoms with Gasteiger partial charge in [0, 0.05) is 38.1 Å². The summed E-state index contributed by atoms with van der Waals surface area (Å²) in [6.07, 6.45) is 4.31. The van der Waals surface area contributed by atoms with E-state index in [0.717, 1.165) is 64.1 Å². The fraction of sp³-hybridized carbons (Fsp3) is 0.708. The van der Waals surface area contributed by atoms with E-state index in [1.807, 2.05) is 24.0 Å². The second-order valence-corrected chi connectivity index (χ2v) is 11.1. The Labute approximate surface area is 189 Å². The van der Waals surface area contributed by atoms with Gasteiger partial charge in [-0.25, -0.2) is 8.42 Å². The van der Waals surface area contributed by atoms with Gasteiger partial charge in [0.2, 0.25) is 5.91 Å². The summed E-state index contributed by atoms with van der Waals surface area (Å²) in [5.74, 6) is 0.446. The van der Waals surface area contributed by atoms with Gasteiger partial charge in [0.25, 0.3) is 0 Å². The van der Waals surface area contributed by atoms with Crippen molar-refractivity contribution in [3.63, 3.8) is 0 Å². The molecule has 31 heavy (non-hydrogen) atoms. The molecule has 1 saturated heterocycles. The van der Waals surface area contributed by atoms with Gasteiger partial charge in [-0.1, -0.05) is 26.0 Å². The highest BCUT2D eigenvalue weighted by atomic mass is 32.2. The number of nitrogens with zero attached hydrogens (tertiary/aromatic N) is 2. The van der Waals surface area contributed by atoms with Gasteiger partial charge in [-0.05, 0) is 70.3 Å². The molecule has 1 aromatic carbocycles. The van der Waals surface area contributed by atoms with Crippen LogP contribution in [0.5, 0.6) is 0 Å². The molecule has 1 aliphatic rings. The standard InChI is InChI=1S/C24H41N3O3S/c1-5-16-27(18-8-7-17-26-19-15-25-14-13-23(26)28)24(3,4)21-9-11-22(12-10-21)31(29,30)20-6-2/h9-12,25H,5-8,13-20H2,1-4H3. The van der Waals surface area contributed by atoms with Crippen molar-refractivity contribution in [2.45, 2.75) is 70.2 Å². The van der Waals surface area contributed by atoms with E-state index in [-0.39, 0.29) is 17.2 Å². The zero-order chi connectivity index (χ0) is 22.9. The lowest BCUT2D eigenvalue weighted by molar-refractivity contribution is -0.130. The highest BCUT2D eigenvalue weighted by Gasteiger charge is 2.28. The Morgan fingerprint density at radius 3 is 2.39 bits per heavy atom. The SMILES string of the molecule is CCCN(CCCCN1CCNCCC1=O)C(C)(C)c1ccc(S(=O)(=O)CCC)cc1. The molecule has 0 aromatic heterocycles. The summed E-state index contributed by atoms with van der Waals surface area (Å²) in [6.45, 7) is 13.7. The maximum atomic E-state index is 12.3. The molecule has 0 aliphatic carbocycles. The second-order valence-electron chi connectivity index (χ2n) is 8.98. The van der Waals surface area contributed by atoms with Crippen molar-refractivity contribution in [1.29, 1.82) is 0 Å². The van der Waals surface area contributed by atoms with E-state index in [9.17, 15) is 13.2 Å². The minimum atomic E-state index is -3.19. The summed E-state index contributed by atoms with van der Waals surface area (Å²) in [5, 5.41) is 3.28. The maximum Gasteiger partial charge on any atom is 0.223 e. The van der Waals surface area contributed by atoms with Gasteiger partial charge < -0.3 is 10.2 Å². The number of amides is 1. The molecule has 6 nitrogen and oxygen atoms in total. The van der Waals surface area contributed by atoms with Crippen molar-refractivity contribution in [3.05, 3.63) is 29.8 Å². The zero-order valence-electron chi connectivity index (χ0n) is 19.8. The van der Waals surface area contributed by atoms with E-state index >= 15 is 0 Å². The van der Waals surface area contributed by atoms with Crippen LogP contribution in [0.2, 0.25) is 0 Å². The van der Waals surface area contributed by atoms with Crippen LogP contribution in [0.3, 0.4) is 0 Å². The highest BCUT2D eigenvalue weighted by molar-refractivity contribution is 7.91. The lowest BCUT2D eigenvalue weighted by atomic mass is 9.91. The molecule has 1 heterocycles. The average molecular weight is 452 g/mol. The number of nitrogens with one attached hydrogen (secondary N) is 1. The van der Waals surface area contributed by atoms with Crippen LogP contribution in [0.15, 0.2) is 29.2 Å². The van der Waals surface area contributed by atoms with Gasteiger partial charge in [-0.3, -0.25) is 9.69 Å². The van der Waals surface area contributed by atoms with Crippen LogP contribution in [0.25, 0.3) is 0 Å². The van der Waals surface area contributed by atoms with Gasteiger partial charge in [-0.2, -0.15) is 0 Å². The van der Waals surface area contributed by atoms with Crippen LogP contribution >= 0.6 is 0 Å². The lowest BCUT2D eigenvalue weighted by Crippen LogP contribution is -2.43. The number of rotatable bonds is 12. The number of hydrogen-bond acceptors (Lipinski definition) is 5. The summed E-state index contributed by atoms with van der Waals surface area (Å²) in [4.78, 5) is 17.0. The Hall–Kier alpha value is -1.44. The fourth-order valence-electron chi connectivity index (χ4n) is 4.24. The Morgan fingerprint density at radius 2 is 1.74 bits per heavy atom. The molecular formula is C24H41N3O3S. The van der Waals surface area contributed by atoms with Crippen LogP contribution in [0.4, 0.5) is 0 Å². The summed E-state index contributed by atoms with van der Waals surface area (Å²) in [5.41, 5.74) is 0.941. The molecule has 1 aliphatic heterocycles. The molecule has 1 aromatic rings. The van der Waals surface area contributed by atoms with Crippen LogP contribution in [0.1, 0.15) is 65.4 Å². The van der Waals surface area contributed by atoms with Gasteiger partial charge >= 0.3 is 0 Å². The van der Waals surface area contributed by atoms with Crippen molar-refractivity contribution in [1.82, 2.24) is 15.1 Å². The molecule has 7 heteroatoms. The van der Waals surface area contributed by atoms with E-state index in [1.165, 1.54) is 0 Å². The Morgan fingerprint density at radius 1 is 1.03 bits per heavy atom. The monoisotopic (exact) mass is 451 g/mol. The van der Waals surface area contributed by atoms with Gasteiger partial charge in [-0.15, -0.1) is 0 Å². The van der Waals surface area contributed by atoms with E-state index in [4.69, 9.17) is 0 Å². The zero-order valence-corrected chi connectivity index (χ0v) is 20.6. The number of carbonyl (C=O) groups is 1. The molecule has 0 atom stereocenters. The second kappa shape index (κ2) is 12.0. The number of benzene rings is 1. The minimum absolute atomic E-state index is 0.188. The van der Waals surface area contributed by atoms with Gasteiger partial charge in [0.15, 0.2) is 9.84 Å². The first-order valence-corrected chi connectivity index (χ1v) is 13.4. The van der Waals surface area contributed by atoms with Gasteiger partial charge in [0.1, 0.15) is 0 Å². The van der Waals surface area contributed by atoms with Crippen molar-refractivity contribution >= 4 is 15.7 Å². The van der Waals surface area contributed by atoms with Gasteiger partial charge in [0.05, 0.1) is 10.6 Å². The smallest absolute Gasteiger partial charge is 0.223 e. The first-order chi connectivity index (χ1) is 14.7. The molecule has 0 radical (unpaired) electrons. The summed E-state index contributed by atoms with van der Waals surface area (Å²) < 4.78 is 24.7. The normalized spacial score (nSPS) is 16.0. The number of carbonyl (C=O) groups excluding carboxylic acids is 1. The first kappa shape index (κ1) is 25.8. The largest absolute Gasteiger partial charge is 0.341 e. The van der Waals surface area contributed by atoms with Crippen molar-refractivity contribution in [3.8, 4) is 0 Å². The lowest BCUT2D eigenvalue weighted by Gasteiger charge is -2.39. The fourth-order valence-corrected chi connectivity index (χ4v) is 5.56. The molecule has 0 spiro atoms. The predicted octanol–water partition coefficient (Wildman–Crippen LogP) is 3.42. The first-order valence-electron chi connectivity index (χ1n) is 11.8. The maximum absolute atomic E-state index is 12.3.